The van der Waals surface area contributed by atoms with Gasteiger partial charge >= 0.3 is 5.69 Å². The summed E-state index contributed by atoms with van der Waals surface area (Å²) in [7, 11) is 0. The van der Waals surface area contributed by atoms with Gasteiger partial charge in [-0.2, -0.15) is 0 Å². The van der Waals surface area contributed by atoms with Gasteiger partial charge in [0.15, 0.2) is 0 Å². The summed E-state index contributed by atoms with van der Waals surface area (Å²) in [6.07, 6.45) is 1.94. The smallest absolute Gasteiger partial charge is 0.328 e. The molecule has 1 saturated heterocycles. The van der Waals surface area contributed by atoms with Crippen molar-refractivity contribution >= 4 is 28.4 Å². The molecule has 26 heavy (non-hydrogen) atoms. The van der Waals surface area contributed by atoms with Crippen molar-refractivity contribution in [1.29, 1.82) is 0 Å². The van der Waals surface area contributed by atoms with E-state index in [1.165, 1.54) is 0 Å². The third-order valence-electron chi connectivity index (χ3n) is 4.94. The average Bonchev–Trinajstić information content (AvgIpc) is 2.56. The second kappa shape index (κ2) is 7.66. The van der Waals surface area contributed by atoms with Crippen molar-refractivity contribution in [1.82, 2.24) is 14.5 Å². The third kappa shape index (κ3) is 4.01. The van der Waals surface area contributed by atoms with Crippen LogP contribution in [0.5, 0.6) is 0 Å². The standard InChI is InChI=1S/C19H24ClN3O3/c1-12-8-13(2)11-22(10-12)17(24)4-3-7-23-18(25)15-6-5-14(20)9-16(15)21-19(23)26/h5-6,9,12-13H,3-4,7-8,10-11H2,1-2H3,(H,21,26). The molecule has 0 spiro atoms. The maximum Gasteiger partial charge on any atom is 0.328 e. The number of aromatic amines is 1. The summed E-state index contributed by atoms with van der Waals surface area (Å²) in [6, 6.07) is 4.79. The fourth-order valence-electron chi connectivity index (χ4n) is 3.84. The van der Waals surface area contributed by atoms with Gasteiger partial charge in [-0.05, 0) is 42.9 Å². The van der Waals surface area contributed by atoms with E-state index in [1.54, 1.807) is 18.2 Å². The average molecular weight is 378 g/mol. The highest BCUT2D eigenvalue weighted by Crippen LogP contribution is 2.21. The van der Waals surface area contributed by atoms with Gasteiger partial charge in [0, 0.05) is 31.1 Å². The van der Waals surface area contributed by atoms with Gasteiger partial charge < -0.3 is 9.88 Å². The molecule has 2 aromatic rings. The number of hydrogen-bond acceptors (Lipinski definition) is 3. The lowest BCUT2D eigenvalue weighted by Crippen LogP contribution is -2.42. The predicted octanol–water partition coefficient (Wildman–Crippen LogP) is 2.63. The largest absolute Gasteiger partial charge is 0.342 e. The van der Waals surface area contributed by atoms with Crippen LogP contribution in [0.15, 0.2) is 27.8 Å². The first kappa shape index (κ1) is 18.7. The molecular weight excluding hydrogens is 354 g/mol. The SMILES string of the molecule is CC1CC(C)CN(C(=O)CCCn2c(=O)[nH]c3cc(Cl)ccc3c2=O)C1. The number of aromatic nitrogens is 2. The number of amides is 1. The van der Waals surface area contributed by atoms with Crippen LogP contribution in [0.3, 0.4) is 0 Å². The summed E-state index contributed by atoms with van der Waals surface area (Å²) in [6.45, 7) is 6.13. The minimum absolute atomic E-state index is 0.0976. The fourth-order valence-corrected chi connectivity index (χ4v) is 4.01. The number of carbonyl (C=O) groups excluding carboxylic acids is 1. The van der Waals surface area contributed by atoms with E-state index in [0.717, 1.165) is 24.1 Å². The van der Waals surface area contributed by atoms with Crippen molar-refractivity contribution in [2.45, 2.75) is 39.7 Å². The quantitative estimate of drug-likeness (QED) is 0.889. The molecule has 7 heteroatoms. The Hall–Kier alpha value is -2.08. The van der Waals surface area contributed by atoms with Crippen LogP contribution in [0.25, 0.3) is 10.9 Å². The predicted molar refractivity (Wildman–Crippen MR) is 103 cm³/mol. The zero-order valence-corrected chi connectivity index (χ0v) is 15.9. The lowest BCUT2D eigenvalue weighted by Gasteiger charge is -2.35. The van der Waals surface area contributed by atoms with Crippen LogP contribution in [0.2, 0.25) is 5.02 Å². The number of H-pyrrole nitrogens is 1. The lowest BCUT2D eigenvalue weighted by molar-refractivity contribution is -0.134. The minimum Gasteiger partial charge on any atom is -0.342 e. The van der Waals surface area contributed by atoms with Crippen molar-refractivity contribution in [2.75, 3.05) is 13.1 Å². The Labute approximate surface area is 156 Å². The van der Waals surface area contributed by atoms with Gasteiger partial charge in [-0.15, -0.1) is 0 Å². The number of rotatable bonds is 4. The van der Waals surface area contributed by atoms with E-state index in [9.17, 15) is 14.4 Å². The van der Waals surface area contributed by atoms with Crippen molar-refractivity contribution in [3.05, 3.63) is 44.1 Å². The van der Waals surface area contributed by atoms with Crippen molar-refractivity contribution < 1.29 is 4.79 Å². The van der Waals surface area contributed by atoms with E-state index < -0.39 is 5.69 Å². The van der Waals surface area contributed by atoms with E-state index in [0.29, 0.717) is 40.6 Å². The third-order valence-corrected chi connectivity index (χ3v) is 5.17. The van der Waals surface area contributed by atoms with Gasteiger partial charge in [-0.25, -0.2) is 4.79 Å². The molecule has 1 fully saturated rings. The molecule has 0 radical (unpaired) electrons. The zero-order chi connectivity index (χ0) is 18.8. The fraction of sp³-hybridized carbons (Fsp3) is 0.526. The molecule has 3 rings (SSSR count). The summed E-state index contributed by atoms with van der Waals surface area (Å²) in [5, 5.41) is 0.875. The Bertz CT molecular complexity index is 924. The monoisotopic (exact) mass is 377 g/mol. The van der Waals surface area contributed by atoms with Gasteiger partial charge in [0.1, 0.15) is 0 Å². The number of fused-ring (bicyclic) bond motifs is 1. The van der Waals surface area contributed by atoms with Gasteiger partial charge in [0.25, 0.3) is 5.56 Å². The maximum absolute atomic E-state index is 12.5. The van der Waals surface area contributed by atoms with E-state index in [4.69, 9.17) is 11.6 Å². The van der Waals surface area contributed by atoms with E-state index >= 15 is 0 Å². The number of hydrogen-bond donors (Lipinski definition) is 1. The Morgan fingerprint density at radius 1 is 1.23 bits per heavy atom. The van der Waals surface area contributed by atoms with E-state index in [2.05, 4.69) is 18.8 Å². The molecular formula is C19H24ClN3O3. The van der Waals surface area contributed by atoms with Gasteiger partial charge in [0.05, 0.1) is 10.9 Å². The number of nitrogens with one attached hydrogen (secondary N) is 1. The summed E-state index contributed by atoms with van der Waals surface area (Å²) < 4.78 is 1.16. The minimum atomic E-state index is -0.475. The molecule has 1 aromatic carbocycles. The van der Waals surface area contributed by atoms with E-state index in [1.807, 2.05) is 4.90 Å². The van der Waals surface area contributed by atoms with Crippen LogP contribution in [0, 0.1) is 11.8 Å². The van der Waals surface area contributed by atoms with Crippen molar-refractivity contribution in [3.63, 3.8) is 0 Å². The highest BCUT2D eigenvalue weighted by atomic mass is 35.5. The topological polar surface area (TPSA) is 75.2 Å². The first-order valence-corrected chi connectivity index (χ1v) is 9.43. The van der Waals surface area contributed by atoms with Crippen LogP contribution in [-0.4, -0.2) is 33.4 Å². The molecule has 140 valence electrons. The van der Waals surface area contributed by atoms with Crippen LogP contribution < -0.4 is 11.2 Å². The van der Waals surface area contributed by atoms with E-state index in [-0.39, 0.29) is 18.0 Å². The van der Waals surface area contributed by atoms with Crippen molar-refractivity contribution in [3.8, 4) is 0 Å². The molecule has 1 aromatic heterocycles. The molecule has 1 amide bonds. The Morgan fingerprint density at radius 3 is 2.62 bits per heavy atom. The summed E-state index contributed by atoms with van der Waals surface area (Å²) >= 11 is 5.90. The lowest BCUT2D eigenvalue weighted by atomic mass is 9.91. The van der Waals surface area contributed by atoms with Crippen LogP contribution >= 0.6 is 11.6 Å². The molecule has 2 unspecified atom stereocenters. The molecule has 1 aliphatic rings. The number of nitrogens with zero attached hydrogens (tertiary/aromatic N) is 2. The zero-order valence-electron chi connectivity index (χ0n) is 15.1. The highest BCUT2D eigenvalue weighted by molar-refractivity contribution is 6.31. The normalized spacial score (nSPS) is 20.5. The van der Waals surface area contributed by atoms with Crippen LogP contribution in [0.1, 0.15) is 33.1 Å². The summed E-state index contributed by atoms with van der Waals surface area (Å²) in [5.74, 6) is 1.13. The number of halogens is 1. The van der Waals surface area contributed by atoms with Crippen molar-refractivity contribution in [2.24, 2.45) is 11.8 Å². The Morgan fingerprint density at radius 2 is 1.92 bits per heavy atom. The molecule has 1 aliphatic heterocycles. The van der Waals surface area contributed by atoms with Crippen LogP contribution in [-0.2, 0) is 11.3 Å². The number of piperidine rings is 1. The molecule has 0 aliphatic carbocycles. The van der Waals surface area contributed by atoms with Crippen LogP contribution in [0.4, 0.5) is 0 Å². The number of benzene rings is 1. The van der Waals surface area contributed by atoms with Gasteiger partial charge in [0.2, 0.25) is 5.91 Å². The molecule has 1 N–H and O–H groups in total. The molecule has 6 nitrogen and oxygen atoms in total. The summed E-state index contributed by atoms with van der Waals surface area (Å²) in [4.78, 5) is 41.8. The highest BCUT2D eigenvalue weighted by Gasteiger charge is 2.24. The number of likely N-dealkylation sites (tertiary alicyclic amines) is 1. The first-order chi connectivity index (χ1) is 12.3. The molecule has 0 saturated carbocycles. The van der Waals surface area contributed by atoms with Gasteiger partial charge in [-0.3, -0.25) is 14.2 Å². The maximum atomic E-state index is 12.5. The van der Waals surface area contributed by atoms with Gasteiger partial charge in [-0.1, -0.05) is 25.4 Å². The molecule has 2 atom stereocenters. The Kier molecular flexibility index (Phi) is 5.51. The Balaban J connectivity index is 1.68. The molecule has 0 bridgehead atoms. The molecule has 2 heterocycles. The number of carbonyl (C=O) groups is 1. The first-order valence-electron chi connectivity index (χ1n) is 9.05. The second-order valence-electron chi connectivity index (χ2n) is 7.43. The summed E-state index contributed by atoms with van der Waals surface area (Å²) in [5.41, 5.74) is -0.401. The second-order valence-corrected chi connectivity index (χ2v) is 7.86.